The van der Waals surface area contributed by atoms with Gasteiger partial charge in [-0.05, 0) is 86.7 Å². The van der Waals surface area contributed by atoms with Crippen molar-refractivity contribution in [2.45, 2.75) is 71.6 Å². The maximum Gasteiger partial charge on any atom is 0.144 e. The largest absolute Gasteiger partial charge is 0.507 e. The third kappa shape index (κ3) is 5.87. The molecule has 0 spiro atoms. The van der Waals surface area contributed by atoms with Crippen molar-refractivity contribution in [2.24, 2.45) is 7.05 Å². The van der Waals surface area contributed by atoms with Gasteiger partial charge in [0.1, 0.15) is 11.6 Å². The van der Waals surface area contributed by atoms with Gasteiger partial charge in [-0.1, -0.05) is 122 Å². The van der Waals surface area contributed by atoms with E-state index in [-0.39, 0.29) is 22.0 Å². The smallest absolute Gasteiger partial charge is 0.144 e. The number of nitrogens with zero attached hydrogens (tertiary/aromatic N) is 3. The van der Waals surface area contributed by atoms with E-state index in [4.69, 9.17) is 9.97 Å². The molecule has 0 aliphatic heterocycles. The fourth-order valence-electron chi connectivity index (χ4n) is 7.04. The minimum Gasteiger partial charge on any atom is -0.507 e. The van der Waals surface area contributed by atoms with Crippen LogP contribution < -0.4 is 0 Å². The number of aryl methyl sites for hydroxylation is 1. The molecule has 7 aromatic rings. The van der Waals surface area contributed by atoms with E-state index in [1.807, 2.05) is 25.4 Å². The molecule has 0 radical (unpaired) electrons. The van der Waals surface area contributed by atoms with Crippen LogP contribution in [0.1, 0.15) is 77.6 Å². The normalized spacial score (nSPS) is 12.6. The molecule has 252 valence electrons. The minimum absolute atomic E-state index is 0.0609. The van der Waals surface area contributed by atoms with Crippen molar-refractivity contribution >= 4 is 21.9 Å². The molecule has 0 aliphatic carbocycles. The lowest BCUT2D eigenvalue weighted by atomic mass is 9.76. The summed E-state index contributed by atoms with van der Waals surface area (Å²) in [6.45, 7) is 18.0. The predicted octanol–water partition coefficient (Wildman–Crippen LogP) is 11.7. The summed E-state index contributed by atoms with van der Waals surface area (Å²) in [6.07, 6.45) is 1.89. The second-order valence-electron chi connectivity index (χ2n) is 16.3. The van der Waals surface area contributed by atoms with Crippen LogP contribution in [0.4, 0.5) is 0 Å². The third-order valence-electron chi connectivity index (χ3n) is 10.4. The van der Waals surface area contributed by atoms with Crippen LogP contribution in [-0.4, -0.2) is 19.6 Å². The summed E-state index contributed by atoms with van der Waals surface area (Å²) in [7, 11) is 2.03. The van der Waals surface area contributed by atoms with Gasteiger partial charge >= 0.3 is 0 Å². The number of imidazole rings is 1. The molecule has 2 aromatic heterocycles. The molecule has 0 unspecified atom stereocenters. The van der Waals surface area contributed by atoms with E-state index in [0.717, 1.165) is 61.1 Å². The highest BCUT2D eigenvalue weighted by molar-refractivity contribution is 5.98. The molecule has 1 N–H and O–H groups in total. The van der Waals surface area contributed by atoms with E-state index in [2.05, 4.69) is 151 Å². The Morgan fingerprint density at radius 2 is 1.22 bits per heavy atom. The van der Waals surface area contributed by atoms with Crippen molar-refractivity contribution in [3.8, 4) is 39.4 Å². The number of aromatic hydroxyl groups is 1. The molecule has 0 saturated carbocycles. The quantitative estimate of drug-likeness (QED) is 0.200. The molecular weight excluding hydrogens is 611 g/mol. The maximum absolute atomic E-state index is 11.1. The van der Waals surface area contributed by atoms with Crippen LogP contribution in [0.3, 0.4) is 0 Å². The molecule has 2 heterocycles. The summed E-state index contributed by atoms with van der Waals surface area (Å²) in [4.78, 5) is 10.2. The van der Waals surface area contributed by atoms with Crippen LogP contribution in [0.15, 0.2) is 115 Å². The first-order valence-electron chi connectivity index (χ1n) is 17.5. The number of pyridine rings is 1. The first-order chi connectivity index (χ1) is 23.6. The Bertz CT molecular complexity index is 2380. The number of fused-ring (bicyclic) bond motifs is 2. The number of phenolic OH excluding ortho intramolecular Hbond substituents is 1. The van der Waals surface area contributed by atoms with Crippen LogP contribution in [-0.2, 0) is 23.3 Å². The van der Waals surface area contributed by atoms with Crippen LogP contribution in [0.5, 0.6) is 5.75 Å². The van der Waals surface area contributed by atoms with Gasteiger partial charge in [-0.2, -0.15) is 0 Å². The van der Waals surface area contributed by atoms with Crippen LogP contribution >= 0.6 is 0 Å². The first-order valence-corrected chi connectivity index (χ1v) is 17.5. The number of benzene rings is 5. The van der Waals surface area contributed by atoms with Crippen molar-refractivity contribution < 1.29 is 5.11 Å². The Balaban J connectivity index is 1.46. The summed E-state index contributed by atoms with van der Waals surface area (Å²) in [5, 5.41) is 12.2. The summed E-state index contributed by atoms with van der Waals surface area (Å²) >= 11 is 0. The lowest BCUT2D eigenvalue weighted by Crippen LogP contribution is -2.19. The van der Waals surface area contributed by atoms with E-state index >= 15 is 0 Å². The number of rotatable bonds is 5. The zero-order chi connectivity index (χ0) is 35.6. The SMILES string of the molecule is Cn1c(-c2cc(C(C)(C)C)ccc2O)nc2c(-c3cc(-c4cc(C(C)(C)c5ccccc5)cc5cccnc45)cc(C(C)(C)C)c3)cccc21. The minimum atomic E-state index is -0.212. The topological polar surface area (TPSA) is 50.9 Å². The number of aromatic nitrogens is 3. The Kier molecular flexibility index (Phi) is 7.98. The van der Waals surface area contributed by atoms with Gasteiger partial charge in [-0.25, -0.2) is 4.98 Å². The Morgan fingerprint density at radius 1 is 0.540 bits per heavy atom. The molecule has 50 heavy (non-hydrogen) atoms. The van der Waals surface area contributed by atoms with Crippen LogP contribution in [0, 0.1) is 0 Å². The predicted molar refractivity (Wildman–Crippen MR) is 210 cm³/mol. The summed E-state index contributed by atoms with van der Waals surface area (Å²) in [5.41, 5.74) is 12.6. The maximum atomic E-state index is 11.1. The summed E-state index contributed by atoms with van der Waals surface area (Å²) < 4.78 is 2.10. The fraction of sp³-hybridized carbons (Fsp3) is 0.261. The lowest BCUT2D eigenvalue weighted by Gasteiger charge is -2.28. The second-order valence-corrected chi connectivity index (χ2v) is 16.3. The average molecular weight is 658 g/mol. The van der Waals surface area contributed by atoms with Gasteiger partial charge in [0.2, 0.25) is 0 Å². The molecule has 5 aromatic carbocycles. The highest BCUT2D eigenvalue weighted by Gasteiger charge is 2.26. The highest BCUT2D eigenvalue weighted by atomic mass is 16.3. The number of para-hydroxylation sites is 1. The van der Waals surface area contributed by atoms with E-state index in [0.29, 0.717) is 0 Å². The second kappa shape index (κ2) is 12.0. The van der Waals surface area contributed by atoms with Crippen LogP contribution in [0.2, 0.25) is 0 Å². The molecule has 7 rings (SSSR count). The average Bonchev–Trinajstić information content (AvgIpc) is 3.43. The molecule has 4 heteroatoms. The molecule has 0 amide bonds. The van der Waals surface area contributed by atoms with Gasteiger partial charge in [0.15, 0.2) is 0 Å². The fourth-order valence-corrected chi connectivity index (χ4v) is 7.04. The summed E-state index contributed by atoms with van der Waals surface area (Å²) in [6, 6.07) is 38.8. The van der Waals surface area contributed by atoms with E-state index in [1.54, 1.807) is 6.07 Å². The molecule has 0 bridgehead atoms. The third-order valence-corrected chi connectivity index (χ3v) is 10.4. The molecule has 4 nitrogen and oxygen atoms in total. The van der Waals surface area contributed by atoms with Crippen molar-refractivity contribution in [1.29, 1.82) is 0 Å². The van der Waals surface area contributed by atoms with Crippen molar-refractivity contribution in [3.63, 3.8) is 0 Å². The van der Waals surface area contributed by atoms with E-state index in [1.165, 1.54) is 16.7 Å². The Hall–Kier alpha value is -5.22. The van der Waals surface area contributed by atoms with Crippen molar-refractivity contribution in [2.75, 3.05) is 0 Å². The molecular formula is C46H47N3O. The summed E-state index contributed by atoms with van der Waals surface area (Å²) in [5.74, 6) is 0.974. The van der Waals surface area contributed by atoms with Gasteiger partial charge in [-0.3, -0.25) is 4.98 Å². The van der Waals surface area contributed by atoms with Crippen LogP contribution in [0.25, 0.3) is 55.6 Å². The van der Waals surface area contributed by atoms with Gasteiger partial charge in [0.25, 0.3) is 0 Å². The van der Waals surface area contributed by atoms with Crippen molar-refractivity contribution in [3.05, 3.63) is 138 Å². The number of hydrogen-bond donors (Lipinski definition) is 1. The zero-order valence-electron chi connectivity index (χ0n) is 30.8. The Labute approximate surface area is 296 Å². The van der Waals surface area contributed by atoms with Gasteiger partial charge < -0.3 is 9.67 Å². The van der Waals surface area contributed by atoms with Gasteiger partial charge in [0.05, 0.1) is 22.1 Å². The monoisotopic (exact) mass is 657 g/mol. The highest BCUT2D eigenvalue weighted by Crippen LogP contribution is 2.42. The molecule has 0 atom stereocenters. The lowest BCUT2D eigenvalue weighted by molar-refractivity contribution is 0.475. The van der Waals surface area contributed by atoms with E-state index in [9.17, 15) is 5.11 Å². The molecule has 0 saturated heterocycles. The standard InChI is InChI=1S/C46H47N3O/c1-44(2,3)33-20-21-40(50)38(27-33)43-48-42-36(18-13-19-39(42)49(43)9)30-23-31(26-34(25-30)45(4,5)6)37-28-35(24-29-15-14-22-47-41(29)37)46(7,8)32-16-11-10-12-17-32/h10-28,50H,1-9H3. The first kappa shape index (κ1) is 33.3. The van der Waals surface area contributed by atoms with Gasteiger partial charge in [0, 0.05) is 35.2 Å². The molecule has 0 fully saturated rings. The molecule has 0 aliphatic rings. The zero-order valence-corrected chi connectivity index (χ0v) is 30.8. The van der Waals surface area contributed by atoms with E-state index < -0.39 is 0 Å². The Morgan fingerprint density at radius 3 is 1.92 bits per heavy atom. The van der Waals surface area contributed by atoms with Crippen molar-refractivity contribution in [1.82, 2.24) is 14.5 Å². The number of phenols is 1. The van der Waals surface area contributed by atoms with Gasteiger partial charge in [-0.15, -0.1) is 0 Å². The number of hydrogen-bond acceptors (Lipinski definition) is 3.